The zero-order valence-corrected chi connectivity index (χ0v) is 14.9. The summed E-state index contributed by atoms with van der Waals surface area (Å²) in [5.74, 6) is 0.383. The Labute approximate surface area is 155 Å². The van der Waals surface area contributed by atoms with E-state index in [-0.39, 0.29) is 11.7 Å². The zero-order chi connectivity index (χ0) is 18.4. The van der Waals surface area contributed by atoms with Gasteiger partial charge in [0.05, 0.1) is 23.4 Å². The molecule has 130 valence electrons. The molecule has 0 bridgehead atoms. The molecule has 26 heavy (non-hydrogen) atoms. The molecule has 0 atom stereocenters. The fraction of sp³-hybridized carbons (Fsp3) is 0.158. The molecule has 0 fully saturated rings. The highest BCUT2D eigenvalue weighted by Gasteiger charge is 2.11. The molecule has 0 spiro atoms. The molecular formula is C19H16N4O2S. The van der Waals surface area contributed by atoms with Gasteiger partial charge < -0.3 is 9.73 Å². The minimum absolute atomic E-state index is 0.117. The van der Waals surface area contributed by atoms with Crippen molar-refractivity contribution in [2.75, 3.05) is 11.1 Å². The molecule has 0 aliphatic carbocycles. The van der Waals surface area contributed by atoms with Crippen LogP contribution in [0, 0.1) is 18.3 Å². The molecule has 1 amide bonds. The number of para-hydroxylation sites is 1. The summed E-state index contributed by atoms with van der Waals surface area (Å²) in [4.78, 5) is 12.1. The maximum Gasteiger partial charge on any atom is 0.277 e. The highest BCUT2D eigenvalue weighted by molar-refractivity contribution is 7.99. The number of anilines is 1. The van der Waals surface area contributed by atoms with E-state index in [2.05, 4.69) is 15.5 Å². The number of nitrogens with one attached hydrogen (secondary N) is 1. The quantitative estimate of drug-likeness (QED) is 0.672. The third kappa shape index (κ3) is 4.71. The molecule has 1 aromatic heterocycles. The van der Waals surface area contributed by atoms with Gasteiger partial charge >= 0.3 is 0 Å². The lowest BCUT2D eigenvalue weighted by Gasteiger charge is -2.05. The lowest BCUT2D eigenvalue weighted by molar-refractivity contribution is -0.113. The van der Waals surface area contributed by atoms with Crippen LogP contribution in [0.5, 0.6) is 0 Å². The highest BCUT2D eigenvalue weighted by Crippen LogP contribution is 2.19. The summed E-state index contributed by atoms with van der Waals surface area (Å²) >= 11 is 1.16. The molecule has 0 saturated carbocycles. The standard InChI is InChI=1S/C19H16N4O2S/c1-13-6-8-14(9-7-13)10-18-22-23-19(25-18)26-12-17(24)21-16-5-3-2-4-15(16)11-20/h2-9H,10,12H2,1H3,(H,21,24). The first kappa shape index (κ1) is 17.7. The van der Waals surface area contributed by atoms with Crippen LogP contribution in [0.3, 0.4) is 0 Å². The van der Waals surface area contributed by atoms with Gasteiger partial charge in [-0.25, -0.2) is 0 Å². The summed E-state index contributed by atoms with van der Waals surface area (Å²) < 4.78 is 5.57. The first-order valence-electron chi connectivity index (χ1n) is 7.94. The Hall–Kier alpha value is -3.11. The third-order valence-electron chi connectivity index (χ3n) is 3.57. The van der Waals surface area contributed by atoms with E-state index in [1.165, 1.54) is 5.56 Å². The number of benzene rings is 2. The molecule has 6 nitrogen and oxygen atoms in total. The van der Waals surface area contributed by atoms with E-state index in [4.69, 9.17) is 9.68 Å². The lowest BCUT2D eigenvalue weighted by atomic mass is 10.1. The number of aryl methyl sites for hydroxylation is 1. The van der Waals surface area contributed by atoms with Crippen molar-refractivity contribution in [3.05, 3.63) is 71.1 Å². The van der Waals surface area contributed by atoms with Gasteiger partial charge in [-0.15, -0.1) is 10.2 Å². The SMILES string of the molecule is Cc1ccc(Cc2nnc(SCC(=O)Nc3ccccc3C#N)o2)cc1. The van der Waals surface area contributed by atoms with Crippen LogP contribution >= 0.6 is 11.8 Å². The summed E-state index contributed by atoms with van der Waals surface area (Å²) in [6.45, 7) is 2.03. The average Bonchev–Trinajstić information content (AvgIpc) is 3.10. The van der Waals surface area contributed by atoms with Gasteiger partial charge in [-0.05, 0) is 24.6 Å². The minimum atomic E-state index is -0.240. The van der Waals surface area contributed by atoms with Gasteiger partial charge in [-0.1, -0.05) is 53.7 Å². The van der Waals surface area contributed by atoms with Crippen LogP contribution in [0.2, 0.25) is 0 Å². The Balaban J connectivity index is 1.53. The Kier molecular flexibility index (Phi) is 5.66. The van der Waals surface area contributed by atoms with Crippen LogP contribution in [0.25, 0.3) is 0 Å². The van der Waals surface area contributed by atoms with Crippen molar-refractivity contribution in [1.82, 2.24) is 10.2 Å². The van der Waals surface area contributed by atoms with Crippen molar-refractivity contribution in [2.45, 2.75) is 18.6 Å². The van der Waals surface area contributed by atoms with E-state index in [1.807, 2.05) is 37.3 Å². The number of nitriles is 1. The van der Waals surface area contributed by atoms with E-state index in [0.717, 1.165) is 17.3 Å². The van der Waals surface area contributed by atoms with Crippen molar-refractivity contribution in [2.24, 2.45) is 0 Å². The number of hydrogen-bond donors (Lipinski definition) is 1. The number of nitrogens with zero attached hydrogens (tertiary/aromatic N) is 3. The number of carbonyl (C=O) groups excluding carboxylic acids is 1. The van der Waals surface area contributed by atoms with Crippen molar-refractivity contribution in [3.63, 3.8) is 0 Å². The second-order valence-corrected chi connectivity index (χ2v) is 6.54. The van der Waals surface area contributed by atoms with Crippen molar-refractivity contribution >= 4 is 23.4 Å². The van der Waals surface area contributed by atoms with E-state index in [9.17, 15) is 4.79 Å². The fourth-order valence-electron chi connectivity index (χ4n) is 2.25. The van der Waals surface area contributed by atoms with Gasteiger partial charge in [0.2, 0.25) is 11.8 Å². The molecule has 0 saturated heterocycles. The van der Waals surface area contributed by atoms with Crippen LogP contribution in [-0.4, -0.2) is 21.9 Å². The second kappa shape index (κ2) is 8.32. The van der Waals surface area contributed by atoms with Crippen molar-refractivity contribution in [1.29, 1.82) is 5.26 Å². The molecule has 7 heteroatoms. The van der Waals surface area contributed by atoms with E-state index >= 15 is 0 Å². The first-order chi connectivity index (χ1) is 12.6. The number of thioether (sulfide) groups is 1. The maximum absolute atomic E-state index is 12.1. The normalized spacial score (nSPS) is 10.3. The van der Waals surface area contributed by atoms with Crippen molar-refractivity contribution < 1.29 is 9.21 Å². The Morgan fingerprint density at radius 1 is 1.19 bits per heavy atom. The van der Waals surface area contributed by atoms with Crippen molar-refractivity contribution in [3.8, 4) is 6.07 Å². The van der Waals surface area contributed by atoms with Gasteiger partial charge in [-0.2, -0.15) is 5.26 Å². The lowest BCUT2D eigenvalue weighted by Crippen LogP contribution is -2.14. The number of amides is 1. The largest absolute Gasteiger partial charge is 0.416 e. The average molecular weight is 364 g/mol. The molecule has 3 rings (SSSR count). The van der Waals surface area contributed by atoms with Gasteiger partial charge in [-0.3, -0.25) is 4.79 Å². The zero-order valence-electron chi connectivity index (χ0n) is 14.1. The van der Waals surface area contributed by atoms with Crippen LogP contribution in [-0.2, 0) is 11.2 Å². The molecule has 0 aliphatic rings. The number of aromatic nitrogens is 2. The van der Waals surface area contributed by atoms with Gasteiger partial charge in [0.1, 0.15) is 6.07 Å². The summed E-state index contributed by atoms with van der Waals surface area (Å²) in [5, 5.41) is 20.1. The second-order valence-electron chi connectivity index (χ2n) is 5.62. The number of rotatable bonds is 6. The summed E-state index contributed by atoms with van der Waals surface area (Å²) in [7, 11) is 0. The first-order valence-corrected chi connectivity index (χ1v) is 8.92. The summed E-state index contributed by atoms with van der Waals surface area (Å²) in [5.41, 5.74) is 3.19. The van der Waals surface area contributed by atoms with Crippen LogP contribution in [0.1, 0.15) is 22.6 Å². The Bertz CT molecular complexity index is 945. The molecule has 3 aromatic rings. The molecule has 0 aliphatic heterocycles. The van der Waals surface area contributed by atoms with Gasteiger partial charge in [0, 0.05) is 0 Å². The molecular weight excluding hydrogens is 348 g/mol. The highest BCUT2D eigenvalue weighted by atomic mass is 32.2. The van der Waals surface area contributed by atoms with E-state index in [1.54, 1.807) is 24.3 Å². The van der Waals surface area contributed by atoms with E-state index < -0.39 is 0 Å². The third-order valence-corrected chi connectivity index (χ3v) is 4.39. The van der Waals surface area contributed by atoms with Crippen LogP contribution in [0.15, 0.2) is 58.2 Å². The van der Waals surface area contributed by atoms with Crippen LogP contribution in [0.4, 0.5) is 5.69 Å². The maximum atomic E-state index is 12.1. The van der Waals surface area contributed by atoms with Crippen LogP contribution < -0.4 is 5.32 Å². The minimum Gasteiger partial charge on any atom is -0.416 e. The summed E-state index contributed by atoms with van der Waals surface area (Å²) in [6, 6.07) is 17.0. The Morgan fingerprint density at radius 2 is 1.96 bits per heavy atom. The van der Waals surface area contributed by atoms with E-state index in [0.29, 0.717) is 28.8 Å². The predicted octanol–water partition coefficient (Wildman–Crippen LogP) is 3.57. The smallest absolute Gasteiger partial charge is 0.277 e. The Morgan fingerprint density at radius 3 is 2.73 bits per heavy atom. The topological polar surface area (TPSA) is 91.8 Å². The molecule has 0 unspecified atom stereocenters. The van der Waals surface area contributed by atoms with Gasteiger partial charge in [0.25, 0.3) is 5.22 Å². The molecule has 2 aromatic carbocycles. The predicted molar refractivity (Wildman–Crippen MR) is 98.8 cm³/mol. The summed E-state index contributed by atoms with van der Waals surface area (Å²) in [6.07, 6.45) is 0.551. The molecule has 1 N–H and O–H groups in total. The molecule has 0 radical (unpaired) electrons. The van der Waals surface area contributed by atoms with Gasteiger partial charge in [0.15, 0.2) is 0 Å². The molecule has 1 heterocycles. The number of carbonyl (C=O) groups is 1. The monoisotopic (exact) mass is 364 g/mol. The number of hydrogen-bond acceptors (Lipinski definition) is 6. The fourth-order valence-corrected chi connectivity index (χ4v) is 2.83.